The molecule has 3 atom stereocenters. The maximum atomic E-state index is 5.65. The Hall–Kier alpha value is 0.780. The summed E-state index contributed by atoms with van der Waals surface area (Å²) >= 11 is 0. The monoisotopic (exact) mass is 180 g/mol. The highest BCUT2D eigenvalue weighted by atomic mass is 32.0. The van der Waals surface area contributed by atoms with Crippen LogP contribution in [0.3, 0.4) is 0 Å². The van der Waals surface area contributed by atoms with Crippen molar-refractivity contribution < 1.29 is 9.47 Å². The van der Waals surface area contributed by atoms with Crippen molar-refractivity contribution in [1.82, 2.24) is 0 Å². The minimum atomic E-state index is -0.377. The molecular formula is C6H14O2P2. The van der Waals surface area contributed by atoms with Crippen LogP contribution in [0.2, 0.25) is 0 Å². The largest absolute Gasteiger partial charge is 0.347 e. The first kappa shape index (κ1) is 8.87. The zero-order valence-corrected chi connectivity index (χ0v) is 8.76. The van der Waals surface area contributed by atoms with Crippen molar-refractivity contribution in [2.24, 2.45) is 0 Å². The van der Waals surface area contributed by atoms with Crippen molar-refractivity contribution in [3.63, 3.8) is 0 Å². The minimum absolute atomic E-state index is 0.0613. The van der Waals surface area contributed by atoms with E-state index in [9.17, 15) is 0 Å². The molecule has 0 saturated carbocycles. The average Bonchev–Trinajstić information content (AvgIpc) is 2.08. The number of ether oxygens (including phenoxy) is 2. The van der Waals surface area contributed by atoms with Crippen LogP contribution in [0.4, 0.5) is 0 Å². The molecule has 10 heavy (non-hydrogen) atoms. The van der Waals surface area contributed by atoms with E-state index < -0.39 is 0 Å². The summed E-state index contributed by atoms with van der Waals surface area (Å²) in [6.07, 6.45) is 0. The first-order chi connectivity index (χ1) is 4.47. The summed E-state index contributed by atoms with van der Waals surface area (Å²) in [4.78, 5) is 0. The van der Waals surface area contributed by atoms with E-state index in [0.29, 0.717) is 14.9 Å². The number of hydrogen-bond acceptors (Lipinski definition) is 2. The Morgan fingerprint density at radius 3 is 2.20 bits per heavy atom. The zero-order valence-electron chi connectivity index (χ0n) is 6.60. The van der Waals surface area contributed by atoms with Crippen molar-refractivity contribution in [2.75, 3.05) is 6.61 Å². The second kappa shape index (κ2) is 2.68. The van der Waals surface area contributed by atoms with Gasteiger partial charge in [0.1, 0.15) is 5.34 Å². The smallest absolute Gasteiger partial charge is 0.164 e. The predicted molar refractivity (Wildman–Crippen MR) is 47.5 cm³/mol. The van der Waals surface area contributed by atoms with Gasteiger partial charge >= 0.3 is 0 Å². The highest BCUT2D eigenvalue weighted by molar-refractivity contribution is 8.03. The molecule has 1 fully saturated rings. The molecule has 0 spiro atoms. The molecule has 0 bridgehead atoms. The minimum Gasteiger partial charge on any atom is -0.347 e. The third kappa shape index (κ3) is 1.89. The van der Waals surface area contributed by atoms with Crippen LogP contribution in [-0.2, 0) is 9.47 Å². The maximum absolute atomic E-state index is 5.65. The summed E-state index contributed by atoms with van der Waals surface area (Å²) in [5, 5.41) is -0.0613. The standard InChI is InChI=1S/C6H14O2P2/c1-5(2)7-4-6(3,8-5)10-9/h10H,4,9H2,1-3H3. The molecule has 0 aromatic carbocycles. The molecule has 0 aliphatic carbocycles. The molecule has 0 amide bonds. The van der Waals surface area contributed by atoms with Gasteiger partial charge in [0, 0.05) is 0 Å². The third-order valence-corrected chi connectivity index (χ3v) is 4.16. The molecule has 2 nitrogen and oxygen atoms in total. The van der Waals surface area contributed by atoms with Gasteiger partial charge in [-0.05, 0) is 20.8 Å². The van der Waals surface area contributed by atoms with Crippen molar-refractivity contribution in [1.29, 1.82) is 0 Å². The molecule has 0 aromatic rings. The lowest BCUT2D eigenvalue weighted by Crippen LogP contribution is -2.25. The van der Waals surface area contributed by atoms with Gasteiger partial charge in [-0.1, -0.05) is 8.27 Å². The summed E-state index contributed by atoms with van der Waals surface area (Å²) in [6, 6.07) is 0. The molecule has 1 rings (SSSR count). The summed E-state index contributed by atoms with van der Waals surface area (Å²) in [5.74, 6) is -0.377. The summed E-state index contributed by atoms with van der Waals surface area (Å²) < 4.78 is 11.1. The Labute approximate surface area is 65.9 Å². The van der Waals surface area contributed by atoms with E-state index >= 15 is 0 Å². The van der Waals surface area contributed by atoms with Crippen LogP contribution < -0.4 is 0 Å². The van der Waals surface area contributed by atoms with Gasteiger partial charge in [0.2, 0.25) is 0 Å². The highest BCUT2D eigenvalue weighted by Crippen LogP contribution is 2.46. The third-order valence-electron chi connectivity index (χ3n) is 1.47. The van der Waals surface area contributed by atoms with Gasteiger partial charge in [0.05, 0.1) is 6.61 Å². The Morgan fingerprint density at radius 1 is 1.40 bits per heavy atom. The Morgan fingerprint density at radius 2 is 2.00 bits per heavy atom. The van der Waals surface area contributed by atoms with Crippen LogP contribution >= 0.6 is 17.2 Å². The molecule has 0 N–H and O–H groups in total. The van der Waals surface area contributed by atoms with Crippen LogP contribution in [0.15, 0.2) is 0 Å². The molecule has 1 aliphatic heterocycles. The number of rotatable bonds is 1. The second-order valence-electron chi connectivity index (χ2n) is 3.17. The molecule has 0 radical (unpaired) electrons. The zero-order chi connectivity index (χ0) is 7.83. The SMILES string of the molecule is CC1(C)OCC(C)(PP)O1. The molecule has 4 heteroatoms. The topological polar surface area (TPSA) is 18.5 Å². The van der Waals surface area contributed by atoms with Crippen molar-refractivity contribution >= 4 is 17.2 Å². The van der Waals surface area contributed by atoms with Crippen molar-refractivity contribution in [3.8, 4) is 0 Å². The second-order valence-corrected chi connectivity index (χ2v) is 5.38. The fourth-order valence-corrected chi connectivity index (χ4v) is 1.87. The van der Waals surface area contributed by atoms with Crippen LogP contribution in [0.1, 0.15) is 20.8 Å². The Bertz CT molecular complexity index is 138. The first-order valence-corrected chi connectivity index (χ1v) is 6.10. The Kier molecular flexibility index (Phi) is 2.38. The lowest BCUT2D eigenvalue weighted by atomic mass is 10.4. The average molecular weight is 180 g/mol. The van der Waals surface area contributed by atoms with Gasteiger partial charge < -0.3 is 9.47 Å². The quantitative estimate of drug-likeness (QED) is 0.574. The van der Waals surface area contributed by atoms with E-state index in [-0.39, 0.29) is 11.1 Å². The van der Waals surface area contributed by atoms with Crippen LogP contribution in [0.5, 0.6) is 0 Å². The van der Waals surface area contributed by atoms with Gasteiger partial charge in [-0.3, -0.25) is 0 Å². The van der Waals surface area contributed by atoms with Crippen LogP contribution in [0, 0.1) is 0 Å². The van der Waals surface area contributed by atoms with E-state index in [1.165, 1.54) is 0 Å². The summed E-state index contributed by atoms with van der Waals surface area (Å²) in [6.45, 7) is 6.68. The summed E-state index contributed by atoms with van der Waals surface area (Å²) in [7, 11) is 3.41. The van der Waals surface area contributed by atoms with Crippen LogP contribution in [-0.4, -0.2) is 17.7 Å². The van der Waals surface area contributed by atoms with E-state index in [2.05, 4.69) is 15.9 Å². The fraction of sp³-hybridized carbons (Fsp3) is 1.00. The molecule has 0 aromatic heterocycles. The number of hydrogen-bond donors (Lipinski definition) is 0. The maximum Gasteiger partial charge on any atom is 0.164 e. The first-order valence-electron chi connectivity index (χ1n) is 3.29. The van der Waals surface area contributed by atoms with E-state index in [1.807, 2.05) is 13.8 Å². The van der Waals surface area contributed by atoms with Gasteiger partial charge in [-0.2, -0.15) is 0 Å². The normalized spacial score (nSPS) is 39.6. The molecule has 3 unspecified atom stereocenters. The van der Waals surface area contributed by atoms with E-state index in [1.54, 1.807) is 0 Å². The predicted octanol–water partition coefficient (Wildman–Crippen LogP) is 1.95. The highest BCUT2D eigenvalue weighted by Gasteiger charge is 2.40. The van der Waals surface area contributed by atoms with E-state index in [4.69, 9.17) is 9.47 Å². The molecule has 1 heterocycles. The summed E-state index contributed by atoms with van der Waals surface area (Å²) in [5.41, 5.74) is 0. The fourth-order valence-electron chi connectivity index (χ4n) is 0.984. The van der Waals surface area contributed by atoms with Crippen molar-refractivity contribution in [3.05, 3.63) is 0 Å². The molecule has 60 valence electrons. The van der Waals surface area contributed by atoms with Crippen molar-refractivity contribution in [2.45, 2.75) is 31.9 Å². The van der Waals surface area contributed by atoms with Crippen LogP contribution in [0.25, 0.3) is 0 Å². The van der Waals surface area contributed by atoms with Gasteiger partial charge in [-0.15, -0.1) is 8.93 Å². The van der Waals surface area contributed by atoms with Gasteiger partial charge in [-0.25, -0.2) is 0 Å². The van der Waals surface area contributed by atoms with Gasteiger partial charge in [0.15, 0.2) is 5.79 Å². The lowest BCUT2D eigenvalue weighted by Gasteiger charge is -2.22. The lowest BCUT2D eigenvalue weighted by molar-refractivity contribution is -0.141. The molecule has 1 aliphatic rings. The molecule has 1 saturated heterocycles. The van der Waals surface area contributed by atoms with E-state index in [0.717, 1.165) is 0 Å². The Balaban J connectivity index is 2.57. The molecular weight excluding hydrogens is 166 g/mol. The van der Waals surface area contributed by atoms with Gasteiger partial charge in [0.25, 0.3) is 0 Å².